The van der Waals surface area contributed by atoms with Crippen molar-refractivity contribution in [1.82, 2.24) is 0 Å². The van der Waals surface area contributed by atoms with Crippen LogP contribution in [0.1, 0.15) is 168 Å². The van der Waals surface area contributed by atoms with Gasteiger partial charge in [0.2, 0.25) is 0 Å². The van der Waals surface area contributed by atoms with Crippen molar-refractivity contribution < 1.29 is 0 Å². The quantitative estimate of drug-likeness (QED) is 0.152. The average Bonchev–Trinajstić information content (AvgIpc) is 2.74. The molecule has 0 rings (SSSR count). The maximum Gasteiger partial charge on any atom is 0.0922 e. The Morgan fingerprint density at radius 2 is 0.633 bits per heavy atom. The highest BCUT2D eigenvalue weighted by Crippen LogP contribution is 2.16. The average molecular weight is 423 g/mol. The van der Waals surface area contributed by atoms with Crippen molar-refractivity contribution in [3.63, 3.8) is 0 Å². The van der Waals surface area contributed by atoms with E-state index >= 15 is 0 Å². The van der Waals surface area contributed by atoms with E-state index in [0.717, 1.165) is 6.42 Å². The van der Waals surface area contributed by atoms with Crippen LogP contribution in [0.4, 0.5) is 0 Å². The first-order valence-corrected chi connectivity index (χ1v) is 13.9. The van der Waals surface area contributed by atoms with Crippen LogP contribution < -0.4 is 11.5 Å². The van der Waals surface area contributed by atoms with E-state index < -0.39 is 0 Å². The summed E-state index contributed by atoms with van der Waals surface area (Å²) in [6.07, 6.45) is 34.1. The highest BCUT2D eigenvalue weighted by molar-refractivity contribution is 5.03. The van der Waals surface area contributed by atoms with Crippen LogP contribution in [0.15, 0.2) is 11.4 Å². The zero-order valence-corrected chi connectivity index (χ0v) is 21.1. The molecule has 0 heterocycles. The molecule has 0 aliphatic rings. The first-order chi connectivity index (χ1) is 14.7. The lowest BCUT2D eigenvalue weighted by Crippen LogP contribution is -2.10. The second-order valence-electron chi connectivity index (χ2n) is 9.76. The molecule has 0 amide bonds. The summed E-state index contributed by atoms with van der Waals surface area (Å²) in [5.41, 5.74) is 12.3. The lowest BCUT2D eigenvalue weighted by Gasteiger charge is -2.05. The Balaban J connectivity index is 3.06. The molecule has 0 bridgehead atoms. The Hall–Kier alpha value is -0.660. The van der Waals surface area contributed by atoms with Gasteiger partial charge in [-0.25, -0.2) is 0 Å². The zero-order valence-electron chi connectivity index (χ0n) is 21.1. The van der Waals surface area contributed by atoms with Crippen molar-refractivity contribution in [2.24, 2.45) is 11.5 Å². The van der Waals surface area contributed by atoms with Gasteiger partial charge in [0, 0.05) is 0 Å². The van der Waals surface area contributed by atoms with Crippen molar-refractivity contribution in [2.75, 3.05) is 0 Å². The largest absolute Gasteiger partial charge is 0.386 e. The predicted molar refractivity (Wildman–Crippen MR) is 138 cm³/mol. The first-order valence-electron chi connectivity index (χ1n) is 13.9. The third-order valence-electron chi connectivity index (χ3n) is 6.65. The number of rotatable bonds is 24. The van der Waals surface area contributed by atoms with Crippen LogP contribution in [0, 0.1) is 0 Å². The van der Waals surface area contributed by atoms with Crippen LogP contribution in [0.25, 0.3) is 0 Å². The van der Waals surface area contributed by atoms with Crippen LogP contribution >= 0.6 is 0 Å². The van der Waals surface area contributed by atoms with Crippen molar-refractivity contribution >= 4 is 0 Å². The van der Waals surface area contributed by atoms with E-state index in [1.165, 1.54) is 153 Å². The second-order valence-corrected chi connectivity index (χ2v) is 9.76. The summed E-state index contributed by atoms with van der Waals surface area (Å²) in [4.78, 5) is 0. The molecular formula is C28H58N2. The molecule has 0 atom stereocenters. The molecule has 0 unspecified atom stereocenters. The summed E-state index contributed by atoms with van der Waals surface area (Å²) >= 11 is 0. The molecule has 0 fully saturated rings. The van der Waals surface area contributed by atoms with Gasteiger partial charge in [0.05, 0.1) is 5.82 Å². The fourth-order valence-electron chi connectivity index (χ4n) is 4.32. The number of nitrogens with two attached hydrogens (primary N) is 2. The van der Waals surface area contributed by atoms with E-state index in [9.17, 15) is 0 Å². The Morgan fingerprint density at radius 1 is 0.400 bits per heavy atom. The van der Waals surface area contributed by atoms with Gasteiger partial charge < -0.3 is 11.5 Å². The summed E-state index contributed by atoms with van der Waals surface area (Å²) in [6, 6.07) is 0. The topological polar surface area (TPSA) is 52.0 Å². The lowest BCUT2D eigenvalue weighted by molar-refractivity contribution is 0.518. The van der Waals surface area contributed by atoms with Gasteiger partial charge in [0.1, 0.15) is 0 Å². The predicted octanol–water partition coefficient (Wildman–Crippen LogP) is 9.52. The number of hydrogen-bond donors (Lipinski definition) is 2. The van der Waals surface area contributed by atoms with Crippen molar-refractivity contribution in [1.29, 1.82) is 0 Å². The Kier molecular flexibility index (Phi) is 24.1. The number of allylic oxidation sites excluding steroid dienone is 1. The fourth-order valence-corrected chi connectivity index (χ4v) is 4.32. The van der Waals surface area contributed by atoms with E-state index in [2.05, 4.69) is 6.92 Å². The molecule has 2 nitrogen and oxygen atoms in total. The van der Waals surface area contributed by atoms with E-state index in [1.807, 2.05) is 6.92 Å². The smallest absolute Gasteiger partial charge is 0.0922 e. The van der Waals surface area contributed by atoms with E-state index in [-0.39, 0.29) is 0 Å². The first kappa shape index (κ1) is 29.3. The molecule has 0 aliphatic carbocycles. The molecule has 2 heteroatoms. The minimum atomic E-state index is 0.522. The van der Waals surface area contributed by atoms with Crippen LogP contribution in [0.3, 0.4) is 0 Å². The molecule has 180 valence electrons. The summed E-state index contributed by atoms with van der Waals surface area (Å²) in [6.45, 7) is 4.35. The van der Waals surface area contributed by atoms with Gasteiger partial charge in [-0.3, -0.25) is 0 Å². The van der Waals surface area contributed by atoms with Crippen LogP contribution in [0.5, 0.6) is 0 Å². The molecular weight excluding hydrogens is 364 g/mol. The van der Waals surface area contributed by atoms with Crippen molar-refractivity contribution in [3.8, 4) is 0 Å². The molecule has 0 saturated carbocycles. The standard InChI is InChI=1S/C28H58N2/c1-3-4-5-6-7-8-9-10-11-12-13-14-15-16-17-18-19-20-21-22-23-24-25-26-27(2)28(29)30/h3-26,29-30H2,1-2H3. The molecule has 4 N–H and O–H groups in total. The molecule has 30 heavy (non-hydrogen) atoms. The molecule has 0 radical (unpaired) electrons. The summed E-state index contributed by atoms with van der Waals surface area (Å²) < 4.78 is 0. The number of hydrogen-bond acceptors (Lipinski definition) is 2. The SMILES string of the molecule is CCCCCCCCCCCCCCCCCCCCCCCCCC(C)=C(N)N. The van der Waals surface area contributed by atoms with Gasteiger partial charge in [-0.1, -0.05) is 148 Å². The summed E-state index contributed by atoms with van der Waals surface area (Å²) in [5, 5.41) is 0. The molecule has 0 saturated heterocycles. The van der Waals surface area contributed by atoms with Crippen molar-refractivity contribution in [3.05, 3.63) is 11.4 Å². The minimum Gasteiger partial charge on any atom is -0.386 e. The Bertz CT molecular complexity index is 358. The van der Waals surface area contributed by atoms with Crippen LogP contribution in [0.2, 0.25) is 0 Å². The third-order valence-corrected chi connectivity index (χ3v) is 6.65. The van der Waals surface area contributed by atoms with Gasteiger partial charge in [-0.05, 0) is 25.3 Å². The molecule has 0 aromatic heterocycles. The van der Waals surface area contributed by atoms with Gasteiger partial charge in [-0.15, -0.1) is 0 Å². The molecule has 0 aromatic rings. The maximum absolute atomic E-state index is 5.59. The van der Waals surface area contributed by atoms with Gasteiger partial charge >= 0.3 is 0 Å². The minimum absolute atomic E-state index is 0.522. The zero-order chi connectivity index (χ0) is 22.1. The van der Waals surface area contributed by atoms with E-state index in [0.29, 0.717) is 5.82 Å². The second kappa shape index (κ2) is 24.6. The van der Waals surface area contributed by atoms with E-state index in [4.69, 9.17) is 11.5 Å². The summed E-state index contributed by atoms with van der Waals surface area (Å²) in [5.74, 6) is 0.522. The maximum atomic E-state index is 5.59. The van der Waals surface area contributed by atoms with Crippen LogP contribution in [-0.4, -0.2) is 0 Å². The fraction of sp³-hybridized carbons (Fsp3) is 0.929. The van der Waals surface area contributed by atoms with Gasteiger partial charge in [0.25, 0.3) is 0 Å². The third kappa shape index (κ3) is 23.6. The molecule has 0 aromatic carbocycles. The molecule has 0 spiro atoms. The highest BCUT2D eigenvalue weighted by atomic mass is 14.8. The van der Waals surface area contributed by atoms with Gasteiger partial charge in [-0.2, -0.15) is 0 Å². The Labute approximate surface area is 191 Å². The van der Waals surface area contributed by atoms with Crippen LogP contribution in [-0.2, 0) is 0 Å². The molecule has 0 aliphatic heterocycles. The van der Waals surface area contributed by atoms with Crippen molar-refractivity contribution in [2.45, 2.75) is 168 Å². The highest BCUT2D eigenvalue weighted by Gasteiger charge is 1.97. The Morgan fingerprint density at radius 3 is 0.867 bits per heavy atom. The van der Waals surface area contributed by atoms with E-state index in [1.54, 1.807) is 0 Å². The number of unbranched alkanes of at least 4 members (excludes halogenated alkanes) is 22. The monoisotopic (exact) mass is 422 g/mol. The lowest BCUT2D eigenvalue weighted by atomic mass is 10.0. The van der Waals surface area contributed by atoms with Gasteiger partial charge in [0.15, 0.2) is 0 Å². The normalized spacial score (nSPS) is 11.1. The summed E-state index contributed by atoms with van der Waals surface area (Å²) in [7, 11) is 0.